The minimum atomic E-state index is -0.569. The number of carbonyl (C=O) groups excluding carboxylic acids is 1. The van der Waals surface area contributed by atoms with Crippen molar-refractivity contribution in [1.82, 2.24) is 0 Å². The van der Waals surface area contributed by atoms with Crippen molar-refractivity contribution in [3.8, 4) is 5.75 Å². The molecule has 0 amide bonds. The molecular formula is C17H19N3O6. The molecular weight excluding hydrogens is 342 g/mol. The summed E-state index contributed by atoms with van der Waals surface area (Å²) in [6.07, 6.45) is 1.07. The van der Waals surface area contributed by atoms with Crippen LogP contribution < -0.4 is 14.8 Å². The van der Waals surface area contributed by atoms with Crippen LogP contribution >= 0.6 is 0 Å². The van der Waals surface area contributed by atoms with Gasteiger partial charge in [0.05, 0.1) is 24.2 Å². The number of nitrogens with zero attached hydrogens (tertiary/aromatic N) is 2. The lowest BCUT2D eigenvalue weighted by Crippen LogP contribution is -2.31. The second-order valence-corrected chi connectivity index (χ2v) is 5.32. The maximum absolute atomic E-state index is 11.5. The summed E-state index contributed by atoms with van der Waals surface area (Å²) < 4.78 is 11.4. The van der Waals surface area contributed by atoms with Crippen LogP contribution in [0, 0.1) is 15.3 Å². The Bertz CT molecular complexity index is 781. The summed E-state index contributed by atoms with van der Waals surface area (Å²) in [7, 11) is 0. The van der Waals surface area contributed by atoms with Crippen molar-refractivity contribution in [1.29, 1.82) is 0 Å². The van der Waals surface area contributed by atoms with E-state index >= 15 is 0 Å². The zero-order valence-electron chi connectivity index (χ0n) is 14.2. The van der Waals surface area contributed by atoms with Gasteiger partial charge in [0.1, 0.15) is 31.2 Å². The zero-order chi connectivity index (χ0) is 18.9. The molecule has 1 aromatic carbocycles. The summed E-state index contributed by atoms with van der Waals surface area (Å²) in [5.41, 5.74) is 0.414. The summed E-state index contributed by atoms with van der Waals surface area (Å²) in [4.78, 5) is 21.4. The number of ether oxygens (including phenoxy) is 2. The number of ketones is 1. The van der Waals surface area contributed by atoms with Crippen molar-refractivity contribution in [2.45, 2.75) is 6.92 Å². The fourth-order valence-electron chi connectivity index (χ4n) is 2.10. The van der Waals surface area contributed by atoms with Crippen LogP contribution in [0.5, 0.6) is 5.75 Å². The Morgan fingerprint density at radius 3 is 2.77 bits per heavy atom. The molecule has 0 aliphatic heterocycles. The second kappa shape index (κ2) is 9.33. The van der Waals surface area contributed by atoms with E-state index in [2.05, 4.69) is 5.32 Å². The largest absolute Gasteiger partial charge is 0.711 e. The van der Waals surface area contributed by atoms with Gasteiger partial charge in [-0.2, -0.15) is 0 Å². The molecule has 2 aromatic rings. The van der Waals surface area contributed by atoms with Crippen molar-refractivity contribution in [2.24, 2.45) is 0 Å². The van der Waals surface area contributed by atoms with Crippen molar-refractivity contribution >= 4 is 17.3 Å². The molecule has 1 aromatic heterocycles. The lowest BCUT2D eigenvalue weighted by molar-refractivity contribution is -0.591. The molecule has 1 heterocycles. The van der Waals surface area contributed by atoms with Gasteiger partial charge in [0.15, 0.2) is 5.78 Å². The molecule has 9 heteroatoms. The quantitative estimate of drug-likeness (QED) is 0.172. The van der Waals surface area contributed by atoms with E-state index < -0.39 is 4.92 Å². The Balaban J connectivity index is 1.67. The highest BCUT2D eigenvalue weighted by Gasteiger charge is 2.12. The lowest BCUT2D eigenvalue weighted by Gasteiger charge is -2.09. The van der Waals surface area contributed by atoms with Crippen LogP contribution in [0.2, 0.25) is 0 Å². The number of hydrogen-bond donors (Lipinski definition) is 1. The average Bonchev–Trinajstić information content (AvgIpc) is 2.62. The smallest absolute Gasteiger partial charge is 0.284 e. The summed E-state index contributed by atoms with van der Waals surface area (Å²) in [6.45, 7) is 2.71. The SMILES string of the molecule is CC(=O)c1cccc(OCCOCCNc2cc([N+](=O)[O-])cc[n+]2[O-])c1. The van der Waals surface area contributed by atoms with E-state index in [1.54, 1.807) is 24.3 Å². The van der Waals surface area contributed by atoms with Crippen LogP contribution in [-0.2, 0) is 4.74 Å². The van der Waals surface area contributed by atoms with E-state index in [0.29, 0.717) is 42.4 Å². The Morgan fingerprint density at radius 1 is 1.23 bits per heavy atom. The van der Waals surface area contributed by atoms with Gasteiger partial charge in [0.2, 0.25) is 0 Å². The van der Waals surface area contributed by atoms with E-state index in [-0.39, 0.29) is 17.3 Å². The Labute approximate surface area is 149 Å². The Hall–Kier alpha value is -3.20. The van der Waals surface area contributed by atoms with Gasteiger partial charge in [-0.25, -0.2) is 4.73 Å². The molecule has 0 saturated carbocycles. The average molecular weight is 361 g/mol. The molecule has 138 valence electrons. The van der Waals surface area contributed by atoms with E-state index in [1.165, 1.54) is 6.92 Å². The second-order valence-electron chi connectivity index (χ2n) is 5.32. The van der Waals surface area contributed by atoms with Crippen LogP contribution in [0.1, 0.15) is 17.3 Å². The molecule has 0 radical (unpaired) electrons. The van der Waals surface area contributed by atoms with Crippen LogP contribution in [0.3, 0.4) is 0 Å². The minimum Gasteiger partial charge on any atom is -0.711 e. The predicted molar refractivity (Wildman–Crippen MR) is 93.3 cm³/mol. The summed E-state index contributed by atoms with van der Waals surface area (Å²) in [5, 5.41) is 25.0. The fourth-order valence-corrected chi connectivity index (χ4v) is 2.10. The van der Waals surface area contributed by atoms with Gasteiger partial charge in [-0.3, -0.25) is 20.2 Å². The highest BCUT2D eigenvalue weighted by Crippen LogP contribution is 2.14. The normalized spacial score (nSPS) is 10.3. The molecule has 26 heavy (non-hydrogen) atoms. The highest BCUT2D eigenvalue weighted by atomic mass is 16.6. The molecule has 0 atom stereocenters. The van der Waals surface area contributed by atoms with Crippen molar-refractivity contribution in [3.05, 3.63) is 63.5 Å². The van der Waals surface area contributed by atoms with Crippen molar-refractivity contribution in [2.75, 3.05) is 31.7 Å². The number of nitro groups is 1. The van der Waals surface area contributed by atoms with Crippen LogP contribution in [0.4, 0.5) is 11.5 Å². The number of carbonyl (C=O) groups is 1. The van der Waals surface area contributed by atoms with Gasteiger partial charge in [0.25, 0.3) is 11.5 Å². The van der Waals surface area contributed by atoms with Gasteiger partial charge < -0.3 is 14.7 Å². The van der Waals surface area contributed by atoms with E-state index in [0.717, 1.165) is 18.3 Å². The summed E-state index contributed by atoms with van der Waals surface area (Å²) in [6, 6.07) is 9.18. The van der Waals surface area contributed by atoms with Crippen LogP contribution in [-0.4, -0.2) is 37.1 Å². The van der Waals surface area contributed by atoms with Crippen LogP contribution in [0.15, 0.2) is 42.6 Å². The molecule has 0 fully saturated rings. The molecule has 0 bridgehead atoms. The molecule has 9 nitrogen and oxygen atoms in total. The first-order valence-corrected chi connectivity index (χ1v) is 7.90. The maximum Gasteiger partial charge on any atom is 0.284 e. The molecule has 0 spiro atoms. The number of pyridine rings is 1. The van der Waals surface area contributed by atoms with E-state index in [9.17, 15) is 20.1 Å². The first-order valence-electron chi connectivity index (χ1n) is 7.90. The third kappa shape index (κ3) is 5.71. The molecule has 0 aliphatic rings. The van der Waals surface area contributed by atoms with Crippen molar-refractivity contribution in [3.63, 3.8) is 0 Å². The number of anilines is 1. The van der Waals surface area contributed by atoms with Crippen LogP contribution in [0.25, 0.3) is 0 Å². The topological polar surface area (TPSA) is 118 Å². The number of rotatable bonds is 10. The van der Waals surface area contributed by atoms with Gasteiger partial charge >= 0.3 is 0 Å². The fraction of sp³-hybridized carbons (Fsp3) is 0.294. The number of nitrogens with one attached hydrogen (secondary N) is 1. The standard InChI is InChI=1S/C17H19N3O6/c1-13(21)14-3-2-4-16(11-14)26-10-9-25-8-6-18-17-12-15(20(23)24)5-7-19(17)22/h2-5,7,11-12,18H,6,8-10H2,1H3. The maximum atomic E-state index is 11.5. The number of hydrogen-bond acceptors (Lipinski definition) is 7. The monoisotopic (exact) mass is 361 g/mol. The van der Waals surface area contributed by atoms with E-state index in [1.807, 2.05) is 0 Å². The highest BCUT2D eigenvalue weighted by molar-refractivity contribution is 5.94. The Morgan fingerprint density at radius 2 is 2.04 bits per heavy atom. The first-order chi connectivity index (χ1) is 12.5. The predicted octanol–water partition coefficient (Wildman–Crippen LogP) is 1.94. The molecule has 0 aliphatic carbocycles. The molecule has 2 rings (SSSR count). The van der Waals surface area contributed by atoms with Gasteiger partial charge in [-0.05, 0) is 19.1 Å². The molecule has 0 unspecified atom stereocenters. The van der Waals surface area contributed by atoms with E-state index in [4.69, 9.17) is 9.47 Å². The first kappa shape index (κ1) is 19.1. The van der Waals surface area contributed by atoms with Gasteiger partial charge in [-0.1, -0.05) is 12.1 Å². The number of benzene rings is 1. The lowest BCUT2D eigenvalue weighted by atomic mass is 10.1. The summed E-state index contributed by atoms with van der Waals surface area (Å²) in [5.74, 6) is 0.637. The third-order valence-electron chi connectivity index (χ3n) is 3.40. The zero-order valence-corrected chi connectivity index (χ0v) is 14.2. The third-order valence-corrected chi connectivity index (χ3v) is 3.40. The molecule has 0 saturated heterocycles. The van der Waals surface area contributed by atoms with Crippen molar-refractivity contribution < 1.29 is 23.9 Å². The number of Topliss-reactive ketones (excluding diaryl/α,β-unsaturated/α-hetero) is 1. The number of aromatic nitrogens is 1. The van der Waals surface area contributed by atoms with Gasteiger partial charge in [-0.15, -0.1) is 0 Å². The Kier molecular flexibility index (Phi) is 6.86. The molecule has 1 N–H and O–H groups in total. The minimum absolute atomic E-state index is 0.0328. The summed E-state index contributed by atoms with van der Waals surface area (Å²) >= 11 is 0. The van der Waals surface area contributed by atoms with Gasteiger partial charge in [0, 0.05) is 5.56 Å².